The van der Waals surface area contributed by atoms with Gasteiger partial charge >= 0.3 is 24.1 Å². The maximum atomic E-state index is 13.6. The first-order chi connectivity index (χ1) is 21.9. The first kappa shape index (κ1) is 45.1. The molecular formula is C32H58N4O10S2. The Morgan fingerprint density at radius 3 is 1.06 bits per heavy atom. The van der Waals surface area contributed by atoms with Crippen LogP contribution in [0.5, 0.6) is 0 Å². The molecule has 6 atom stereocenters. The van der Waals surface area contributed by atoms with Crippen LogP contribution in [0.1, 0.15) is 95.9 Å². The van der Waals surface area contributed by atoms with Crippen LogP contribution in [-0.4, -0.2) is 96.0 Å². The number of esters is 2. The van der Waals surface area contributed by atoms with Crippen LogP contribution >= 0.6 is 21.6 Å². The number of rotatable bonds is 17. The second-order valence-corrected chi connectivity index (χ2v) is 17.3. The summed E-state index contributed by atoms with van der Waals surface area (Å²) in [6.07, 6.45) is -1.06. The summed E-state index contributed by atoms with van der Waals surface area (Å²) in [6.45, 7) is 21.0. The van der Waals surface area contributed by atoms with Crippen LogP contribution in [0.15, 0.2) is 0 Å². The minimum atomic E-state index is -1.18. The molecule has 16 heteroatoms. The zero-order valence-corrected chi connectivity index (χ0v) is 32.6. The average Bonchev–Trinajstić information content (AvgIpc) is 2.93. The van der Waals surface area contributed by atoms with Gasteiger partial charge in [-0.25, -0.2) is 19.2 Å². The number of carbonyl (C=O) groups is 6. The molecule has 0 aromatic rings. The summed E-state index contributed by atoms with van der Waals surface area (Å²) in [7, 11) is 4.79. The van der Waals surface area contributed by atoms with Gasteiger partial charge in [0, 0.05) is 10.5 Å². The number of alkyl carbamates (subject to hydrolysis) is 2. The molecule has 4 N–H and O–H groups in total. The molecule has 0 saturated carbocycles. The van der Waals surface area contributed by atoms with E-state index in [-0.39, 0.29) is 11.8 Å². The molecule has 0 aromatic heterocycles. The van der Waals surface area contributed by atoms with Crippen LogP contribution in [0.3, 0.4) is 0 Å². The molecule has 0 rings (SSSR count). The molecule has 0 heterocycles. The number of hydrogen-bond donors (Lipinski definition) is 4. The summed E-state index contributed by atoms with van der Waals surface area (Å²) in [5.74, 6) is -2.42. The van der Waals surface area contributed by atoms with Crippen LogP contribution in [0.25, 0.3) is 0 Å². The third-order valence-corrected chi connectivity index (χ3v) is 9.64. The van der Waals surface area contributed by atoms with E-state index in [4.69, 9.17) is 18.9 Å². The van der Waals surface area contributed by atoms with E-state index in [1.54, 1.807) is 55.4 Å². The Bertz CT molecular complexity index is 1010. The second kappa shape index (κ2) is 20.6. The normalized spacial score (nSPS) is 15.6. The van der Waals surface area contributed by atoms with Crippen molar-refractivity contribution in [3.63, 3.8) is 0 Å². The van der Waals surface area contributed by atoms with Gasteiger partial charge in [0.15, 0.2) is 0 Å². The molecule has 0 radical (unpaired) electrons. The fourth-order valence-corrected chi connectivity index (χ4v) is 6.80. The van der Waals surface area contributed by atoms with E-state index >= 15 is 0 Å². The molecule has 48 heavy (non-hydrogen) atoms. The van der Waals surface area contributed by atoms with Crippen molar-refractivity contribution >= 4 is 57.5 Å². The van der Waals surface area contributed by atoms with E-state index in [0.29, 0.717) is 12.8 Å². The van der Waals surface area contributed by atoms with Gasteiger partial charge < -0.3 is 40.2 Å². The molecule has 278 valence electrons. The third-order valence-electron chi connectivity index (χ3n) is 6.23. The number of carbonyl (C=O) groups excluding carboxylic acids is 6. The maximum Gasteiger partial charge on any atom is 0.408 e. The van der Waals surface area contributed by atoms with E-state index in [1.165, 1.54) is 35.8 Å². The number of methoxy groups -OCH3 is 2. The molecule has 0 aromatic carbocycles. The molecule has 14 nitrogen and oxygen atoms in total. The standard InChI is InChI=1S/C32H58N4O10S2/c1-17(2)15-21(27(39)43-13)33-25(37)23(35-29(41)45-31(7,8)9)19(5)47-48-20(6)24(36-30(42)46-32(10,11)12)26(38)34-22(16-18(3)4)28(40)44-14/h17-24H,15-16H2,1-14H3,(H,33,37)(H,34,38)(H,35,41)(H,36,42)/t19-,20-,21-,22?,23-,24-/m0/s1. The highest BCUT2D eigenvalue weighted by Gasteiger charge is 2.36. The lowest BCUT2D eigenvalue weighted by Crippen LogP contribution is -2.56. The zero-order chi connectivity index (χ0) is 37.6. The van der Waals surface area contributed by atoms with Gasteiger partial charge in [-0.2, -0.15) is 0 Å². The molecule has 0 aliphatic heterocycles. The Kier molecular flexibility index (Phi) is 19.4. The number of hydrogen-bond acceptors (Lipinski definition) is 12. The molecule has 4 amide bonds. The van der Waals surface area contributed by atoms with E-state index in [1.807, 2.05) is 27.7 Å². The lowest BCUT2D eigenvalue weighted by molar-refractivity contribution is -0.146. The van der Waals surface area contributed by atoms with Crippen LogP contribution < -0.4 is 21.3 Å². The van der Waals surface area contributed by atoms with Crippen molar-refractivity contribution in [2.45, 2.75) is 142 Å². The van der Waals surface area contributed by atoms with Crippen molar-refractivity contribution in [3.05, 3.63) is 0 Å². The van der Waals surface area contributed by atoms with Gasteiger partial charge in [0.1, 0.15) is 35.4 Å². The summed E-state index contributed by atoms with van der Waals surface area (Å²) in [5, 5.41) is 9.31. The van der Waals surface area contributed by atoms with Gasteiger partial charge in [-0.15, -0.1) is 0 Å². The predicted octanol–water partition coefficient (Wildman–Crippen LogP) is 4.34. The Balaban J connectivity index is 6.24. The summed E-state index contributed by atoms with van der Waals surface area (Å²) in [4.78, 5) is 77.6. The SMILES string of the molecule is COC(=O)C(CC(C)C)NC(=O)[C@@H](NC(=O)OC(C)(C)C)[C@H](C)SS[C@@H](C)[C@H](NC(=O)OC(C)(C)C)C(=O)N[C@@H](CC(C)C)C(=O)OC. The van der Waals surface area contributed by atoms with Crippen molar-refractivity contribution in [1.82, 2.24) is 21.3 Å². The van der Waals surface area contributed by atoms with Gasteiger partial charge in [0.25, 0.3) is 0 Å². The van der Waals surface area contributed by atoms with Gasteiger partial charge in [-0.3, -0.25) is 9.59 Å². The van der Waals surface area contributed by atoms with E-state index in [9.17, 15) is 28.8 Å². The fourth-order valence-electron chi connectivity index (χ4n) is 4.13. The summed E-state index contributed by atoms with van der Waals surface area (Å²) < 4.78 is 20.5. The second-order valence-electron chi connectivity index (χ2n) is 14.3. The van der Waals surface area contributed by atoms with Crippen molar-refractivity contribution in [1.29, 1.82) is 0 Å². The molecule has 0 aliphatic carbocycles. The Morgan fingerprint density at radius 2 is 0.833 bits per heavy atom. The monoisotopic (exact) mass is 722 g/mol. The van der Waals surface area contributed by atoms with Gasteiger partial charge in [0.05, 0.1) is 14.2 Å². The minimum absolute atomic E-state index is 0.0507. The topological polar surface area (TPSA) is 187 Å². The third kappa shape index (κ3) is 18.6. The molecule has 0 bridgehead atoms. The van der Waals surface area contributed by atoms with Crippen molar-refractivity contribution in [3.8, 4) is 0 Å². The molecule has 0 fully saturated rings. The molecule has 0 aliphatic rings. The zero-order valence-electron chi connectivity index (χ0n) is 30.9. The van der Waals surface area contributed by atoms with Crippen LogP contribution in [0.4, 0.5) is 9.59 Å². The van der Waals surface area contributed by atoms with Gasteiger partial charge in [-0.1, -0.05) is 49.3 Å². The Hall–Kier alpha value is -2.88. The van der Waals surface area contributed by atoms with Crippen LogP contribution in [0, 0.1) is 11.8 Å². The highest BCUT2D eigenvalue weighted by atomic mass is 33.1. The number of amides is 4. The quantitative estimate of drug-likeness (QED) is 0.0947. The van der Waals surface area contributed by atoms with Crippen LogP contribution in [0.2, 0.25) is 0 Å². The first-order valence-corrected chi connectivity index (χ1v) is 18.3. The summed E-state index contributed by atoms with van der Waals surface area (Å²) in [5.41, 5.74) is -1.69. The van der Waals surface area contributed by atoms with E-state index < -0.39 is 81.8 Å². The molecule has 1 unspecified atom stereocenters. The Morgan fingerprint density at radius 1 is 0.542 bits per heavy atom. The smallest absolute Gasteiger partial charge is 0.408 e. The minimum Gasteiger partial charge on any atom is -0.467 e. The number of nitrogens with one attached hydrogen (secondary N) is 4. The average molecular weight is 723 g/mol. The Labute approximate surface area is 293 Å². The summed E-state index contributed by atoms with van der Waals surface area (Å²) in [6, 6.07) is -4.25. The molecule has 0 spiro atoms. The highest BCUT2D eigenvalue weighted by Crippen LogP contribution is 2.34. The lowest BCUT2D eigenvalue weighted by Gasteiger charge is -2.30. The molecular weight excluding hydrogens is 665 g/mol. The first-order valence-electron chi connectivity index (χ1n) is 16.0. The number of ether oxygens (including phenoxy) is 4. The highest BCUT2D eigenvalue weighted by molar-refractivity contribution is 8.77. The summed E-state index contributed by atoms with van der Waals surface area (Å²) >= 11 is 0. The van der Waals surface area contributed by atoms with Gasteiger partial charge in [0.2, 0.25) is 11.8 Å². The lowest BCUT2D eigenvalue weighted by atomic mass is 10.0. The van der Waals surface area contributed by atoms with Crippen molar-refractivity contribution in [2.24, 2.45) is 11.8 Å². The molecule has 0 saturated heterocycles. The maximum absolute atomic E-state index is 13.6. The van der Waals surface area contributed by atoms with E-state index in [2.05, 4.69) is 21.3 Å². The van der Waals surface area contributed by atoms with Gasteiger partial charge in [-0.05, 0) is 80.1 Å². The van der Waals surface area contributed by atoms with Crippen molar-refractivity contribution in [2.75, 3.05) is 14.2 Å². The largest absolute Gasteiger partial charge is 0.467 e. The fraction of sp³-hybridized carbons (Fsp3) is 0.812. The van der Waals surface area contributed by atoms with Crippen molar-refractivity contribution < 1.29 is 47.7 Å². The van der Waals surface area contributed by atoms with E-state index in [0.717, 1.165) is 0 Å². The van der Waals surface area contributed by atoms with Crippen LogP contribution in [-0.2, 0) is 38.1 Å². The predicted molar refractivity (Wildman–Crippen MR) is 187 cm³/mol.